The molecule has 2 fully saturated rings. The minimum absolute atomic E-state index is 0.175. The third kappa shape index (κ3) is 2.69. The number of nitrogens with zero attached hydrogens (tertiary/aromatic N) is 4. The number of nitrogens with one attached hydrogen (secondary N) is 1. The number of aromatic nitrogens is 3. The molecule has 2 aliphatic rings. The molecule has 110 valence electrons. The molecule has 1 aromatic rings. The number of carbonyl (C=O) groups is 1. The molecule has 0 aliphatic carbocycles. The maximum atomic E-state index is 12.2. The summed E-state index contributed by atoms with van der Waals surface area (Å²) in [5.41, 5.74) is -0.416. The Hall–Kier alpha value is -1.47. The molecular weight excluding hydrogens is 258 g/mol. The van der Waals surface area contributed by atoms with E-state index >= 15 is 0 Å². The number of β-amino-alcohol motifs (C(OH)–C–C–N with tert-alkyl or cyclic N) is 1. The van der Waals surface area contributed by atoms with Crippen LogP contribution in [0, 0.1) is 0 Å². The summed E-state index contributed by atoms with van der Waals surface area (Å²) in [5, 5.41) is 20.8. The summed E-state index contributed by atoms with van der Waals surface area (Å²) in [4.78, 5) is 16.2. The summed E-state index contributed by atoms with van der Waals surface area (Å²) in [6, 6.07) is 0. The number of piperidine rings is 1. The fourth-order valence-electron chi connectivity index (χ4n) is 3.08. The minimum Gasteiger partial charge on any atom is -0.382 e. The van der Waals surface area contributed by atoms with Gasteiger partial charge >= 0.3 is 0 Å². The van der Waals surface area contributed by atoms with Crippen LogP contribution in [0.15, 0.2) is 6.20 Å². The van der Waals surface area contributed by atoms with Crippen molar-refractivity contribution in [2.45, 2.75) is 31.3 Å². The second-order valence-electron chi connectivity index (χ2n) is 5.79. The molecule has 3 heterocycles. The Kier molecular flexibility index (Phi) is 3.71. The van der Waals surface area contributed by atoms with E-state index in [-0.39, 0.29) is 5.91 Å². The lowest BCUT2D eigenvalue weighted by molar-refractivity contribution is -0.133. The van der Waals surface area contributed by atoms with Crippen molar-refractivity contribution in [2.75, 3.05) is 32.7 Å². The number of rotatable bonds is 3. The Morgan fingerprint density at radius 2 is 2.15 bits per heavy atom. The first kappa shape index (κ1) is 13.5. The summed E-state index contributed by atoms with van der Waals surface area (Å²) < 4.78 is 0. The molecule has 1 atom stereocenters. The van der Waals surface area contributed by atoms with E-state index in [0.717, 1.165) is 25.9 Å². The average molecular weight is 279 g/mol. The van der Waals surface area contributed by atoms with Gasteiger partial charge in [0.25, 0.3) is 0 Å². The van der Waals surface area contributed by atoms with E-state index in [0.29, 0.717) is 31.7 Å². The van der Waals surface area contributed by atoms with Gasteiger partial charge in [0.2, 0.25) is 5.91 Å². The van der Waals surface area contributed by atoms with Crippen LogP contribution >= 0.6 is 0 Å². The van der Waals surface area contributed by atoms with Gasteiger partial charge in [-0.05, 0) is 25.7 Å². The standard InChI is InChI=1S/C13H21N5O2/c19-12(18-5-2-1-3-6-18)9-17-7-4-13(20,10-17)11-8-14-16-15-11/h8,20H,1-7,9-10H2,(H,14,15,16)/t13-/m0/s1. The quantitative estimate of drug-likeness (QED) is 0.794. The van der Waals surface area contributed by atoms with E-state index in [9.17, 15) is 9.90 Å². The average Bonchev–Trinajstić information content (AvgIpc) is 3.11. The number of H-pyrrole nitrogens is 1. The topological polar surface area (TPSA) is 85.3 Å². The largest absolute Gasteiger partial charge is 0.382 e. The van der Waals surface area contributed by atoms with Crippen LogP contribution in [0.3, 0.4) is 0 Å². The highest BCUT2D eigenvalue weighted by atomic mass is 16.3. The fourth-order valence-corrected chi connectivity index (χ4v) is 3.08. The molecular formula is C13H21N5O2. The van der Waals surface area contributed by atoms with Crippen LogP contribution in [0.1, 0.15) is 31.4 Å². The minimum atomic E-state index is -0.977. The smallest absolute Gasteiger partial charge is 0.236 e. The summed E-state index contributed by atoms with van der Waals surface area (Å²) in [7, 11) is 0. The highest BCUT2D eigenvalue weighted by Crippen LogP contribution is 2.29. The van der Waals surface area contributed by atoms with Gasteiger partial charge in [-0.1, -0.05) is 0 Å². The van der Waals surface area contributed by atoms with Crippen molar-refractivity contribution in [3.8, 4) is 0 Å². The molecule has 1 amide bonds. The number of hydrogen-bond acceptors (Lipinski definition) is 5. The van der Waals surface area contributed by atoms with Gasteiger partial charge in [-0.2, -0.15) is 15.4 Å². The third-order valence-electron chi connectivity index (χ3n) is 4.29. The van der Waals surface area contributed by atoms with Crippen LogP contribution in [-0.2, 0) is 10.4 Å². The fraction of sp³-hybridized carbons (Fsp3) is 0.769. The first-order chi connectivity index (χ1) is 9.67. The maximum Gasteiger partial charge on any atom is 0.236 e. The van der Waals surface area contributed by atoms with Gasteiger partial charge in [-0.15, -0.1) is 0 Å². The van der Waals surface area contributed by atoms with Crippen LogP contribution in [0.4, 0.5) is 0 Å². The zero-order valence-corrected chi connectivity index (χ0v) is 11.6. The predicted octanol–water partition coefficient (Wildman–Crippen LogP) is -0.289. The van der Waals surface area contributed by atoms with E-state index in [1.165, 1.54) is 6.42 Å². The number of likely N-dealkylation sites (tertiary alicyclic amines) is 2. The van der Waals surface area contributed by atoms with Crippen LogP contribution in [-0.4, -0.2) is 68.9 Å². The molecule has 0 unspecified atom stereocenters. The van der Waals surface area contributed by atoms with E-state index in [1.54, 1.807) is 6.20 Å². The zero-order chi connectivity index (χ0) is 14.0. The maximum absolute atomic E-state index is 12.2. The van der Waals surface area contributed by atoms with Crippen LogP contribution in [0.25, 0.3) is 0 Å². The molecule has 2 N–H and O–H groups in total. The lowest BCUT2D eigenvalue weighted by atomic mass is 10.0. The van der Waals surface area contributed by atoms with E-state index < -0.39 is 5.60 Å². The molecule has 2 saturated heterocycles. The van der Waals surface area contributed by atoms with Crippen molar-refractivity contribution in [3.05, 3.63) is 11.9 Å². The lowest BCUT2D eigenvalue weighted by Gasteiger charge is -2.29. The second-order valence-corrected chi connectivity index (χ2v) is 5.79. The molecule has 7 nitrogen and oxygen atoms in total. The summed E-state index contributed by atoms with van der Waals surface area (Å²) >= 11 is 0. The van der Waals surface area contributed by atoms with E-state index in [2.05, 4.69) is 15.4 Å². The zero-order valence-electron chi connectivity index (χ0n) is 11.6. The first-order valence-corrected chi connectivity index (χ1v) is 7.26. The number of hydrogen-bond donors (Lipinski definition) is 2. The lowest BCUT2D eigenvalue weighted by Crippen LogP contribution is -2.43. The summed E-state index contributed by atoms with van der Waals surface area (Å²) in [6.45, 7) is 3.29. The number of amides is 1. The Bertz CT molecular complexity index is 457. The Morgan fingerprint density at radius 1 is 1.35 bits per heavy atom. The normalized spacial score (nSPS) is 27.9. The summed E-state index contributed by atoms with van der Waals surface area (Å²) in [6.07, 6.45) is 5.57. The molecule has 1 aromatic heterocycles. The number of aliphatic hydroxyl groups is 1. The van der Waals surface area contributed by atoms with Crippen molar-refractivity contribution in [3.63, 3.8) is 0 Å². The number of aromatic amines is 1. The van der Waals surface area contributed by atoms with Gasteiger partial charge in [0.1, 0.15) is 11.3 Å². The molecule has 7 heteroatoms. The summed E-state index contributed by atoms with van der Waals surface area (Å²) in [5.74, 6) is 0.175. The monoisotopic (exact) mass is 279 g/mol. The Balaban J connectivity index is 1.56. The highest BCUT2D eigenvalue weighted by molar-refractivity contribution is 5.78. The van der Waals surface area contributed by atoms with Gasteiger partial charge in [0.05, 0.1) is 12.7 Å². The Labute approximate surface area is 117 Å². The first-order valence-electron chi connectivity index (χ1n) is 7.26. The number of carbonyl (C=O) groups excluding carboxylic acids is 1. The molecule has 2 aliphatic heterocycles. The SMILES string of the molecule is O=C(CN1CC[C@@](O)(c2cn[nH]n2)C1)N1CCCCC1. The van der Waals surface area contributed by atoms with Gasteiger partial charge in [0, 0.05) is 26.2 Å². The van der Waals surface area contributed by atoms with Crippen molar-refractivity contribution in [1.29, 1.82) is 0 Å². The van der Waals surface area contributed by atoms with Crippen molar-refractivity contribution < 1.29 is 9.90 Å². The molecule has 0 radical (unpaired) electrons. The van der Waals surface area contributed by atoms with Gasteiger partial charge in [-0.25, -0.2) is 0 Å². The molecule has 0 bridgehead atoms. The molecule has 20 heavy (non-hydrogen) atoms. The van der Waals surface area contributed by atoms with Crippen molar-refractivity contribution in [2.24, 2.45) is 0 Å². The van der Waals surface area contributed by atoms with Crippen molar-refractivity contribution >= 4 is 5.91 Å². The van der Waals surface area contributed by atoms with Gasteiger partial charge < -0.3 is 10.0 Å². The van der Waals surface area contributed by atoms with E-state index in [4.69, 9.17) is 0 Å². The molecule has 0 aromatic carbocycles. The molecule has 0 saturated carbocycles. The van der Waals surface area contributed by atoms with Crippen LogP contribution in [0.5, 0.6) is 0 Å². The molecule has 0 spiro atoms. The van der Waals surface area contributed by atoms with Gasteiger partial charge in [-0.3, -0.25) is 9.69 Å². The van der Waals surface area contributed by atoms with E-state index in [1.807, 2.05) is 9.80 Å². The second kappa shape index (κ2) is 5.49. The van der Waals surface area contributed by atoms with Crippen molar-refractivity contribution in [1.82, 2.24) is 25.2 Å². The van der Waals surface area contributed by atoms with Crippen LogP contribution < -0.4 is 0 Å². The third-order valence-corrected chi connectivity index (χ3v) is 4.29. The molecule has 3 rings (SSSR count). The predicted molar refractivity (Wildman–Crippen MR) is 71.8 cm³/mol. The van der Waals surface area contributed by atoms with Gasteiger partial charge in [0.15, 0.2) is 0 Å². The highest BCUT2D eigenvalue weighted by Gasteiger charge is 2.40. The van der Waals surface area contributed by atoms with Crippen LogP contribution in [0.2, 0.25) is 0 Å². The Morgan fingerprint density at radius 3 is 2.85 bits per heavy atom.